The summed E-state index contributed by atoms with van der Waals surface area (Å²) >= 11 is 0. The molecule has 5 heteroatoms. The molecule has 2 aromatic rings. The van der Waals surface area contributed by atoms with Crippen LogP contribution in [-0.2, 0) is 0 Å². The first-order valence-electron chi connectivity index (χ1n) is 7.71. The second kappa shape index (κ2) is 5.85. The zero-order valence-corrected chi connectivity index (χ0v) is 12.6. The van der Waals surface area contributed by atoms with E-state index in [4.69, 9.17) is 0 Å². The lowest BCUT2D eigenvalue weighted by molar-refractivity contribution is 0.0578. The SMILES string of the molecule is CCC1CN(C(=O)c2cnn3ccccc23)C(CC)CN1. The molecule has 1 saturated heterocycles. The van der Waals surface area contributed by atoms with E-state index < -0.39 is 0 Å². The van der Waals surface area contributed by atoms with Crippen LogP contribution in [0.3, 0.4) is 0 Å². The first-order chi connectivity index (χ1) is 10.2. The van der Waals surface area contributed by atoms with Crippen molar-refractivity contribution in [3.05, 3.63) is 36.2 Å². The third-order valence-electron chi connectivity index (χ3n) is 4.38. The lowest BCUT2D eigenvalue weighted by Gasteiger charge is -2.39. The van der Waals surface area contributed by atoms with Gasteiger partial charge in [0, 0.05) is 31.4 Å². The summed E-state index contributed by atoms with van der Waals surface area (Å²) in [6, 6.07) is 6.46. The van der Waals surface area contributed by atoms with Gasteiger partial charge in [-0.3, -0.25) is 4.79 Å². The molecule has 0 aromatic carbocycles. The fraction of sp³-hybridized carbons (Fsp3) is 0.500. The third kappa shape index (κ3) is 2.53. The van der Waals surface area contributed by atoms with Gasteiger partial charge in [-0.05, 0) is 25.0 Å². The van der Waals surface area contributed by atoms with Crippen LogP contribution in [0.15, 0.2) is 30.6 Å². The lowest BCUT2D eigenvalue weighted by atomic mass is 10.0. The highest BCUT2D eigenvalue weighted by Gasteiger charge is 2.31. The van der Waals surface area contributed by atoms with Crippen molar-refractivity contribution in [2.75, 3.05) is 13.1 Å². The number of pyridine rings is 1. The van der Waals surface area contributed by atoms with E-state index in [-0.39, 0.29) is 11.9 Å². The zero-order valence-electron chi connectivity index (χ0n) is 12.6. The molecule has 0 spiro atoms. The smallest absolute Gasteiger partial charge is 0.258 e. The number of fused-ring (bicyclic) bond motifs is 1. The largest absolute Gasteiger partial charge is 0.333 e. The first kappa shape index (κ1) is 14.1. The normalized spacial score (nSPS) is 22.7. The van der Waals surface area contributed by atoms with Gasteiger partial charge in [-0.2, -0.15) is 5.10 Å². The molecule has 1 amide bonds. The van der Waals surface area contributed by atoms with E-state index in [1.165, 1.54) is 0 Å². The molecule has 21 heavy (non-hydrogen) atoms. The number of nitrogens with zero attached hydrogens (tertiary/aromatic N) is 3. The number of carbonyl (C=O) groups is 1. The molecule has 5 nitrogen and oxygen atoms in total. The molecule has 1 aliphatic rings. The van der Waals surface area contributed by atoms with Crippen molar-refractivity contribution >= 4 is 11.4 Å². The molecule has 112 valence electrons. The fourth-order valence-corrected chi connectivity index (χ4v) is 3.00. The molecular weight excluding hydrogens is 264 g/mol. The maximum atomic E-state index is 13.0. The van der Waals surface area contributed by atoms with E-state index in [1.807, 2.05) is 29.3 Å². The standard InChI is InChI=1S/C16H22N4O/c1-3-12-11-19(13(4-2)9-17-12)16(21)14-10-18-20-8-6-5-7-15(14)20/h5-8,10,12-13,17H,3-4,9,11H2,1-2H3. The van der Waals surface area contributed by atoms with Crippen molar-refractivity contribution in [1.29, 1.82) is 0 Å². The van der Waals surface area contributed by atoms with Crippen molar-refractivity contribution in [1.82, 2.24) is 19.8 Å². The minimum absolute atomic E-state index is 0.100. The van der Waals surface area contributed by atoms with Gasteiger partial charge in [0.05, 0.1) is 17.3 Å². The topological polar surface area (TPSA) is 49.6 Å². The Morgan fingerprint density at radius 3 is 3.00 bits per heavy atom. The van der Waals surface area contributed by atoms with Crippen molar-refractivity contribution in [2.24, 2.45) is 0 Å². The summed E-state index contributed by atoms with van der Waals surface area (Å²) in [6.45, 7) is 5.94. The van der Waals surface area contributed by atoms with Gasteiger partial charge in [-0.25, -0.2) is 4.52 Å². The number of piperazine rings is 1. The van der Waals surface area contributed by atoms with E-state index in [9.17, 15) is 4.79 Å². The molecule has 1 fully saturated rings. The van der Waals surface area contributed by atoms with Gasteiger partial charge in [0.25, 0.3) is 5.91 Å². The molecule has 2 unspecified atom stereocenters. The number of aromatic nitrogens is 2. The average Bonchev–Trinajstić information content (AvgIpc) is 2.97. The summed E-state index contributed by atoms with van der Waals surface area (Å²) in [5.41, 5.74) is 1.58. The van der Waals surface area contributed by atoms with Gasteiger partial charge in [-0.15, -0.1) is 0 Å². The van der Waals surface area contributed by atoms with Crippen LogP contribution >= 0.6 is 0 Å². The lowest BCUT2D eigenvalue weighted by Crippen LogP contribution is -2.57. The molecule has 3 rings (SSSR count). The highest BCUT2D eigenvalue weighted by molar-refractivity contribution is 6.00. The van der Waals surface area contributed by atoms with Gasteiger partial charge in [0.2, 0.25) is 0 Å². The summed E-state index contributed by atoms with van der Waals surface area (Å²) in [7, 11) is 0. The molecule has 0 aliphatic carbocycles. The second-order valence-corrected chi connectivity index (χ2v) is 5.62. The van der Waals surface area contributed by atoms with Gasteiger partial charge >= 0.3 is 0 Å². The summed E-state index contributed by atoms with van der Waals surface area (Å²) in [6.07, 6.45) is 5.56. The van der Waals surface area contributed by atoms with Crippen LogP contribution in [0.2, 0.25) is 0 Å². The van der Waals surface area contributed by atoms with Crippen molar-refractivity contribution < 1.29 is 4.79 Å². The first-order valence-corrected chi connectivity index (χ1v) is 7.71. The second-order valence-electron chi connectivity index (χ2n) is 5.62. The van der Waals surface area contributed by atoms with Crippen molar-refractivity contribution in [3.63, 3.8) is 0 Å². The van der Waals surface area contributed by atoms with E-state index in [0.29, 0.717) is 11.6 Å². The molecular formula is C16H22N4O. The number of carbonyl (C=O) groups excluding carboxylic acids is 1. The average molecular weight is 286 g/mol. The van der Waals surface area contributed by atoms with E-state index >= 15 is 0 Å². The van der Waals surface area contributed by atoms with Crippen LogP contribution in [0.25, 0.3) is 5.52 Å². The molecule has 1 N–H and O–H groups in total. The van der Waals surface area contributed by atoms with Gasteiger partial charge in [-0.1, -0.05) is 19.9 Å². The number of hydrogen-bond donors (Lipinski definition) is 1. The van der Waals surface area contributed by atoms with E-state index in [1.54, 1.807) is 10.7 Å². The molecule has 0 bridgehead atoms. The monoisotopic (exact) mass is 286 g/mol. The van der Waals surface area contributed by atoms with Crippen LogP contribution in [0.4, 0.5) is 0 Å². The van der Waals surface area contributed by atoms with Gasteiger partial charge < -0.3 is 10.2 Å². The van der Waals surface area contributed by atoms with Crippen LogP contribution in [0.1, 0.15) is 37.0 Å². The summed E-state index contributed by atoms with van der Waals surface area (Å²) in [5, 5.41) is 7.80. The Morgan fingerprint density at radius 1 is 1.38 bits per heavy atom. The fourth-order valence-electron chi connectivity index (χ4n) is 3.00. The van der Waals surface area contributed by atoms with Crippen LogP contribution in [0, 0.1) is 0 Å². The Hall–Kier alpha value is -1.88. The molecule has 3 heterocycles. The number of nitrogens with one attached hydrogen (secondary N) is 1. The van der Waals surface area contributed by atoms with E-state index in [0.717, 1.165) is 31.4 Å². The van der Waals surface area contributed by atoms with Crippen molar-refractivity contribution in [3.8, 4) is 0 Å². The maximum absolute atomic E-state index is 13.0. The third-order valence-corrected chi connectivity index (χ3v) is 4.38. The Labute approximate surface area is 124 Å². The highest BCUT2D eigenvalue weighted by atomic mass is 16.2. The summed E-state index contributed by atoms with van der Waals surface area (Å²) < 4.78 is 1.76. The minimum atomic E-state index is 0.100. The van der Waals surface area contributed by atoms with Gasteiger partial charge in [0.1, 0.15) is 0 Å². The van der Waals surface area contributed by atoms with Crippen LogP contribution in [0.5, 0.6) is 0 Å². The molecule has 0 radical (unpaired) electrons. The minimum Gasteiger partial charge on any atom is -0.333 e. The number of amides is 1. The van der Waals surface area contributed by atoms with Crippen LogP contribution < -0.4 is 5.32 Å². The zero-order chi connectivity index (χ0) is 14.8. The molecule has 2 atom stereocenters. The number of hydrogen-bond acceptors (Lipinski definition) is 3. The molecule has 1 aliphatic heterocycles. The Balaban J connectivity index is 1.92. The molecule has 0 saturated carbocycles. The van der Waals surface area contributed by atoms with Crippen molar-refractivity contribution in [2.45, 2.75) is 38.8 Å². The number of rotatable bonds is 3. The Kier molecular flexibility index (Phi) is 3.92. The quantitative estimate of drug-likeness (QED) is 0.938. The highest BCUT2D eigenvalue weighted by Crippen LogP contribution is 2.19. The Bertz CT molecular complexity index is 636. The predicted octanol–water partition coefficient (Wildman–Crippen LogP) is 1.94. The predicted molar refractivity (Wildman–Crippen MR) is 82.4 cm³/mol. The Morgan fingerprint density at radius 2 is 2.24 bits per heavy atom. The van der Waals surface area contributed by atoms with Gasteiger partial charge in [0.15, 0.2) is 0 Å². The van der Waals surface area contributed by atoms with Crippen LogP contribution in [-0.4, -0.2) is 45.6 Å². The molecule has 2 aromatic heterocycles. The van der Waals surface area contributed by atoms with E-state index in [2.05, 4.69) is 24.3 Å². The summed E-state index contributed by atoms with van der Waals surface area (Å²) in [5.74, 6) is 0.100. The maximum Gasteiger partial charge on any atom is 0.258 e. The summed E-state index contributed by atoms with van der Waals surface area (Å²) in [4.78, 5) is 15.0.